The molecule has 1 atom stereocenters. The van der Waals surface area contributed by atoms with Crippen molar-refractivity contribution in [2.75, 3.05) is 40.0 Å². The van der Waals surface area contributed by atoms with Crippen LogP contribution in [0.15, 0.2) is 24.3 Å². The number of hydrogen-bond donors (Lipinski definition) is 0. The third kappa shape index (κ3) is 5.37. The average molecular weight is 288 g/mol. The Morgan fingerprint density at radius 2 is 2.29 bits per heavy atom. The summed E-state index contributed by atoms with van der Waals surface area (Å²) in [6.45, 7) is 4.56. The highest BCUT2D eigenvalue weighted by atomic mass is 16.5. The molecule has 4 nitrogen and oxygen atoms in total. The highest BCUT2D eigenvalue weighted by Crippen LogP contribution is 2.17. The molecule has 2 rings (SSSR count). The first-order valence-electron chi connectivity index (χ1n) is 7.68. The fourth-order valence-electron chi connectivity index (χ4n) is 2.68. The van der Waals surface area contributed by atoms with Crippen LogP contribution in [0, 0.1) is 17.2 Å². The summed E-state index contributed by atoms with van der Waals surface area (Å²) >= 11 is 0. The first-order valence-corrected chi connectivity index (χ1v) is 7.68. The van der Waals surface area contributed by atoms with E-state index in [9.17, 15) is 0 Å². The molecule has 0 saturated carbocycles. The second-order valence-electron chi connectivity index (χ2n) is 5.66. The van der Waals surface area contributed by atoms with E-state index in [-0.39, 0.29) is 0 Å². The molecule has 0 bridgehead atoms. The first-order chi connectivity index (χ1) is 10.3. The van der Waals surface area contributed by atoms with E-state index in [0.717, 1.165) is 32.7 Å². The number of hydrogen-bond acceptors (Lipinski definition) is 4. The lowest BCUT2D eigenvalue weighted by Gasteiger charge is -2.27. The molecule has 1 aromatic rings. The van der Waals surface area contributed by atoms with Crippen LogP contribution in [0.1, 0.15) is 24.8 Å². The summed E-state index contributed by atoms with van der Waals surface area (Å²) in [5.74, 6) is 1.35. The van der Waals surface area contributed by atoms with Gasteiger partial charge in [-0.1, -0.05) is 12.1 Å². The Hall–Kier alpha value is -1.57. The lowest BCUT2D eigenvalue weighted by Crippen LogP contribution is -2.32. The Kier molecular flexibility index (Phi) is 6.52. The van der Waals surface area contributed by atoms with Crippen LogP contribution >= 0.6 is 0 Å². The molecule has 0 aliphatic carbocycles. The fourth-order valence-corrected chi connectivity index (χ4v) is 2.68. The normalized spacial score (nSPS) is 18.4. The lowest BCUT2D eigenvalue weighted by molar-refractivity contribution is 0.0415. The molecular weight excluding hydrogens is 264 g/mol. The van der Waals surface area contributed by atoms with Crippen molar-refractivity contribution >= 4 is 0 Å². The van der Waals surface area contributed by atoms with Gasteiger partial charge < -0.3 is 14.4 Å². The van der Waals surface area contributed by atoms with Gasteiger partial charge >= 0.3 is 0 Å². The number of nitriles is 1. The van der Waals surface area contributed by atoms with Crippen molar-refractivity contribution in [1.82, 2.24) is 4.90 Å². The SMILES string of the molecule is CN(CCCOc1ccccc1C#N)CC1CCCOC1. The van der Waals surface area contributed by atoms with E-state index < -0.39 is 0 Å². The Balaban J connectivity index is 1.63. The lowest BCUT2D eigenvalue weighted by atomic mass is 10.0. The Morgan fingerprint density at radius 3 is 3.05 bits per heavy atom. The van der Waals surface area contributed by atoms with Gasteiger partial charge in [-0.25, -0.2) is 0 Å². The molecule has 0 amide bonds. The van der Waals surface area contributed by atoms with E-state index in [2.05, 4.69) is 18.0 Å². The van der Waals surface area contributed by atoms with Crippen molar-refractivity contribution < 1.29 is 9.47 Å². The van der Waals surface area contributed by atoms with Gasteiger partial charge in [0, 0.05) is 19.7 Å². The summed E-state index contributed by atoms with van der Waals surface area (Å²) in [5.41, 5.74) is 0.602. The summed E-state index contributed by atoms with van der Waals surface area (Å²) in [6.07, 6.45) is 3.42. The highest BCUT2D eigenvalue weighted by Gasteiger charge is 2.15. The van der Waals surface area contributed by atoms with Gasteiger partial charge in [-0.3, -0.25) is 0 Å². The third-order valence-corrected chi connectivity index (χ3v) is 3.77. The standard InChI is InChI=1S/C17H24N2O2/c1-19(13-15-6-4-10-20-14-15)9-5-11-21-17-8-3-2-7-16(17)12-18/h2-3,7-8,15H,4-6,9-11,13-14H2,1H3. The molecule has 4 heteroatoms. The van der Waals surface area contributed by atoms with Gasteiger partial charge in [-0.15, -0.1) is 0 Å². The van der Waals surface area contributed by atoms with E-state index in [0.29, 0.717) is 23.8 Å². The number of nitrogens with zero attached hydrogens (tertiary/aromatic N) is 2. The molecule has 1 heterocycles. The van der Waals surface area contributed by atoms with Crippen LogP contribution in [-0.2, 0) is 4.74 Å². The summed E-state index contributed by atoms with van der Waals surface area (Å²) in [4.78, 5) is 2.35. The molecule has 1 aromatic carbocycles. The number of benzene rings is 1. The maximum absolute atomic E-state index is 9.00. The minimum absolute atomic E-state index is 0.602. The summed E-state index contributed by atoms with van der Waals surface area (Å²) < 4.78 is 11.2. The molecular formula is C17H24N2O2. The average Bonchev–Trinajstić information content (AvgIpc) is 2.53. The van der Waals surface area contributed by atoms with E-state index in [1.54, 1.807) is 6.07 Å². The Morgan fingerprint density at radius 1 is 1.43 bits per heavy atom. The zero-order valence-corrected chi connectivity index (χ0v) is 12.8. The summed E-state index contributed by atoms with van der Waals surface area (Å²) in [5, 5.41) is 9.00. The minimum atomic E-state index is 0.602. The van der Waals surface area contributed by atoms with Crippen molar-refractivity contribution in [1.29, 1.82) is 5.26 Å². The van der Waals surface area contributed by atoms with Crippen LogP contribution in [0.4, 0.5) is 0 Å². The highest BCUT2D eigenvalue weighted by molar-refractivity contribution is 5.42. The summed E-state index contributed by atoms with van der Waals surface area (Å²) in [6, 6.07) is 9.53. The van der Waals surface area contributed by atoms with E-state index >= 15 is 0 Å². The number of rotatable bonds is 7. The minimum Gasteiger partial charge on any atom is -0.492 e. The van der Waals surface area contributed by atoms with Crippen LogP contribution < -0.4 is 4.74 Å². The van der Waals surface area contributed by atoms with Crippen molar-refractivity contribution in [2.45, 2.75) is 19.3 Å². The van der Waals surface area contributed by atoms with Gasteiger partial charge in [0.25, 0.3) is 0 Å². The second-order valence-corrected chi connectivity index (χ2v) is 5.66. The van der Waals surface area contributed by atoms with Crippen LogP contribution in [0.3, 0.4) is 0 Å². The molecule has 0 radical (unpaired) electrons. The molecule has 1 unspecified atom stereocenters. The van der Waals surface area contributed by atoms with E-state index in [4.69, 9.17) is 14.7 Å². The second kappa shape index (κ2) is 8.66. The molecule has 1 aliphatic rings. The topological polar surface area (TPSA) is 45.5 Å². The van der Waals surface area contributed by atoms with Crippen LogP contribution in [0.2, 0.25) is 0 Å². The fraction of sp³-hybridized carbons (Fsp3) is 0.588. The largest absolute Gasteiger partial charge is 0.492 e. The van der Waals surface area contributed by atoms with Crippen molar-refractivity contribution in [3.63, 3.8) is 0 Å². The zero-order valence-electron chi connectivity index (χ0n) is 12.8. The monoisotopic (exact) mass is 288 g/mol. The van der Waals surface area contributed by atoms with Crippen molar-refractivity contribution in [2.24, 2.45) is 5.92 Å². The number of para-hydroxylation sites is 1. The first kappa shape index (κ1) is 15.8. The van der Waals surface area contributed by atoms with Gasteiger partial charge in [0.2, 0.25) is 0 Å². The van der Waals surface area contributed by atoms with Gasteiger partial charge in [-0.05, 0) is 44.4 Å². The molecule has 0 N–H and O–H groups in total. The smallest absolute Gasteiger partial charge is 0.137 e. The van der Waals surface area contributed by atoms with Gasteiger partial charge in [-0.2, -0.15) is 5.26 Å². The Labute approximate surface area is 127 Å². The van der Waals surface area contributed by atoms with Gasteiger partial charge in [0.1, 0.15) is 11.8 Å². The zero-order chi connectivity index (χ0) is 14.9. The van der Waals surface area contributed by atoms with Crippen LogP contribution in [0.25, 0.3) is 0 Å². The molecule has 21 heavy (non-hydrogen) atoms. The maximum Gasteiger partial charge on any atom is 0.137 e. The molecule has 0 spiro atoms. The van der Waals surface area contributed by atoms with Crippen LogP contribution in [0.5, 0.6) is 5.75 Å². The van der Waals surface area contributed by atoms with Gasteiger partial charge in [0.05, 0.1) is 18.8 Å². The Bertz CT molecular complexity index is 464. The third-order valence-electron chi connectivity index (χ3n) is 3.77. The van der Waals surface area contributed by atoms with Crippen molar-refractivity contribution in [3.05, 3.63) is 29.8 Å². The summed E-state index contributed by atoms with van der Waals surface area (Å²) in [7, 11) is 2.15. The van der Waals surface area contributed by atoms with Crippen molar-refractivity contribution in [3.8, 4) is 11.8 Å². The molecule has 114 valence electrons. The predicted molar refractivity (Wildman–Crippen MR) is 82.3 cm³/mol. The molecule has 1 saturated heterocycles. The van der Waals surface area contributed by atoms with E-state index in [1.165, 1.54) is 12.8 Å². The van der Waals surface area contributed by atoms with E-state index in [1.807, 2.05) is 18.2 Å². The molecule has 1 fully saturated rings. The molecule has 0 aromatic heterocycles. The number of ether oxygens (including phenoxy) is 2. The van der Waals surface area contributed by atoms with Gasteiger partial charge in [0.15, 0.2) is 0 Å². The quantitative estimate of drug-likeness (QED) is 0.724. The van der Waals surface area contributed by atoms with Crippen LogP contribution in [-0.4, -0.2) is 44.9 Å². The maximum atomic E-state index is 9.00. The predicted octanol–water partition coefficient (Wildman–Crippen LogP) is 2.69. The molecule has 1 aliphatic heterocycles.